The van der Waals surface area contributed by atoms with Crippen LogP contribution in [-0.4, -0.2) is 16.0 Å². The van der Waals surface area contributed by atoms with Crippen molar-refractivity contribution in [3.05, 3.63) is 68.9 Å². The summed E-state index contributed by atoms with van der Waals surface area (Å²) in [6.45, 7) is 0. The molecule has 0 aliphatic rings. The number of pyridine rings is 1. The van der Waals surface area contributed by atoms with Crippen LogP contribution in [0.2, 0.25) is 0 Å². The third kappa shape index (κ3) is 2.60. The van der Waals surface area contributed by atoms with Crippen molar-refractivity contribution >= 4 is 38.4 Å². The molecule has 0 unspecified atom stereocenters. The highest BCUT2D eigenvalue weighted by molar-refractivity contribution is 9.10. The summed E-state index contributed by atoms with van der Waals surface area (Å²) in [5.41, 5.74) is 0.176. The Balaban J connectivity index is 2.02. The normalized spacial score (nSPS) is 10.6. The molecule has 0 bridgehead atoms. The molecule has 1 amide bonds. The van der Waals surface area contributed by atoms with E-state index in [1.165, 1.54) is 0 Å². The predicted octanol–water partition coefficient (Wildman–Crippen LogP) is 3.25. The Morgan fingerprint density at radius 1 is 1.09 bits per heavy atom. The number of halogens is 1. The average molecular weight is 359 g/mol. The first-order valence-corrected chi connectivity index (χ1v) is 7.26. The standard InChI is InChI=1S/C16H11BrN2O3/c17-10-7-5-9(6-8-10)15(21)19-13-14(20)11-3-1-2-4-12(11)18-16(13)22/h1-8H,(H,19,21)(H2,18,20,22). The number of nitrogens with one attached hydrogen (secondary N) is 2. The third-order valence-electron chi connectivity index (χ3n) is 3.24. The lowest BCUT2D eigenvalue weighted by Gasteiger charge is -2.09. The van der Waals surface area contributed by atoms with Crippen molar-refractivity contribution < 1.29 is 9.90 Å². The maximum Gasteiger partial charge on any atom is 0.276 e. The van der Waals surface area contributed by atoms with Crippen LogP contribution in [0.4, 0.5) is 5.69 Å². The van der Waals surface area contributed by atoms with Gasteiger partial charge >= 0.3 is 0 Å². The Morgan fingerprint density at radius 3 is 2.50 bits per heavy atom. The second-order valence-electron chi connectivity index (χ2n) is 4.68. The molecule has 0 saturated heterocycles. The fourth-order valence-electron chi connectivity index (χ4n) is 2.13. The minimum atomic E-state index is -0.554. The summed E-state index contributed by atoms with van der Waals surface area (Å²) >= 11 is 3.29. The summed E-state index contributed by atoms with van der Waals surface area (Å²) in [5, 5.41) is 13.2. The Hall–Kier alpha value is -2.60. The molecule has 3 aromatic rings. The molecule has 0 spiro atoms. The van der Waals surface area contributed by atoms with Gasteiger partial charge in [0.05, 0.1) is 5.52 Å². The van der Waals surface area contributed by atoms with E-state index in [4.69, 9.17) is 0 Å². The lowest BCUT2D eigenvalue weighted by atomic mass is 10.1. The lowest BCUT2D eigenvalue weighted by molar-refractivity contribution is 0.102. The zero-order chi connectivity index (χ0) is 15.7. The van der Waals surface area contributed by atoms with Crippen molar-refractivity contribution in [1.82, 2.24) is 4.98 Å². The monoisotopic (exact) mass is 358 g/mol. The van der Waals surface area contributed by atoms with Gasteiger partial charge in [0, 0.05) is 15.4 Å². The maximum atomic E-state index is 12.2. The van der Waals surface area contributed by atoms with Gasteiger partial charge in [-0.3, -0.25) is 9.59 Å². The molecule has 110 valence electrons. The van der Waals surface area contributed by atoms with E-state index in [0.29, 0.717) is 16.5 Å². The van der Waals surface area contributed by atoms with Crippen LogP contribution in [0, 0.1) is 0 Å². The Kier molecular flexibility index (Phi) is 3.68. The number of H-pyrrole nitrogens is 1. The van der Waals surface area contributed by atoms with Crippen LogP contribution in [0.5, 0.6) is 5.75 Å². The van der Waals surface area contributed by atoms with E-state index in [0.717, 1.165) is 4.47 Å². The van der Waals surface area contributed by atoms with Gasteiger partial charge < -0.3 is 15.4 Å². The number of carbonyl (C=O) groups is 1. The van der Waals surface area contributed by atoms with E-state index in [2.05, 4.69) is 26.2 Å². The number of hydrogen-bond donors (Lipinski definition) is 3. The van der Waals surface area contributed by atoms with E-state index in [9.17, 15) is 14.7 Å². The molecule has 0 radical (unpaired) electrons. The van der Waals surface area contributed by atoms with Crippen molar-refractivity contribution in [1.29, 1.82) is 0 Å². The van der Waals surface area contributed by atoms with E-state index >= 15 is 0 Å². The van der Waals surface area contributed by atoms with Gasteiger partial charge in [-0.1, -0.05) is 28.1 Å². The molecular formula is C16H11BrN2O3. The molecule has 0 aliphatic heterocycles. The molecule has 22 heavy (non-hydrogen) atoms. The van der Waals surface area contributed by atoms with Crippen LogP contribution in [0.25, 0.3) is 10.9 Å². The SMILES string of the molecule is O=C(Nc1c(O)c2ccccc2[nH]c1=O)c1ccc(Br)cc1. The number of anilines is 1. The molecule has 1 aromatic heterocycles. The smallest absolute Gasteiger partial charge is 0.276 e. The van der Waals surface area contributed by atoms with Crippen LogP contribution in [-0.2, 0) is 0 Å². The minimum absolute atomic E-state index is 0.161. The molecule has 0 aliphatic carbocycles. The second kappa shape index (κ2) is 5.65. The molecule has 5 nitrogen and oxygen atoms in total. The molecule has 0 fully saturated rings. The highest BCUT2D eigenvalue weighted by atomic mass is 79.9. The van der Waals surface area contributed by atoms with Crippen LogP contribution >= 0.6 is 15.9 Å². The van der Waals surface area contributed by atoms with Crippen molar-refractivity contribution in [3.63, 3.8) is 0 Å². The molecule has 2 aromatic carbocycles. The van der Waals surface area contributed by atoms with Gasteiger partial charge in [-0.2, -0.15) is 0 Å². The van der Waals surface area contributed by atoms with Crippen LogP contribution in [0.3, 0.4) is 0 Å². The van der Waals surface area contributed by atoms with Gasteiger partial charge in [-0.25, -0.2) is 0 Å². The number of hydrogen-bond acceptors (Lipinski definition) is 3. The summed E-state index contributed by atoms with van der Waals surface area (Å²) in [5.74, 6) is -0.714. The van der Waals surface area contributed by atoms with Gasteiger partial charge in [0.25, 0.3) is 11.5 Å². The Labute approximate surface area is 133 Å². The topological polar surface area (TPSA) is 82.2 Å². The average Bonchev–Trinajstić information content (AvgIpc) is 2.52. The number of aromatic hydroxyl groups is 1. The van der Waals surface area contributed by atoms with Crippen LogP contribution in [0.15, 0.2) is 57.8 Å². The summed E-state index contributed by atoms with van der Waals surface area (Å²) in [7, 11) is 0. The quantitative estimate of drug-likeness (QED) is 0.657. The van der Waals surface area contributed by atoms with Gasteiger partial charge in [-0.15, -0.1) is 0 Å². The number of fused-ring (bicyclic) bond motifs is 1. The third-order valence-corrected chi connectivity index (χ3v) is 3.77. The first kappa shape index (κ1) is 14.3. The number of rotatable bonds is 2. The van der Waals surface area contributed by atoms with Crippen molar-refractivity contribution in [2.45, 2.75) is 0 Å². The van der Waals surface area contributed by atoms with Crippen molar-refractivity contribution in [2.24, 2.45) is 0 Å². The fraction of sp³-hybridized carbons (Fsp3) is 0. The van der Waals surface area contributed by atoms with E-state index < -0.39 is 11.5 Å². The highest BCUT2D eigenvalue weighted by Gasteiger charge is 2.15. The summed E-state index contributed by atoms with van der Waals surface area (Å²) in [6, 6.07) is 13.5. The van der Waals surface area contributed by atoms with E-state index in [1.807, 2.05) is 0 Å². The zero-order valence-electron chi connectivity index (χ0n) is 11.3. The number of benzene rings is 2. The maximum absolute atomic E-state index is 12.2. The van der Waals surface area contributed by atoms with Crippen LogP contribution in [0.1, 0.15) is 10.4 Å². The molecule has 0 saturated carbocycles. The van der Waals surface area contributed by atoms with Gasteiger partial charge in [-0.05, 0) is 36.4 Å². The largest absolute Gasteiger partial charge is 0.505 e. The van der Waals surface area contributed by atoms with Gasteiger partial charge in [0.2, 0.25) is 0 Å². The number of aromatic amines is 1. The van der Waals surface area contributed by atoms with Crippen molar-refractivity contribution in [3.8, 4) is 5.75 Å². The molecular weight excluding hydrogens is 348 g/mol. The molecule has 1 heterocycles. The lowest BCUT2D eigenvalue weighted by Crippen LogP contribution is -2.20. The van der Waals surface area contributed by atoms with E-state index in [-0.39, 0.29) is 11.4 Å². The Bertz CT molecular complexity index is 917. The van der Waals surface area contributed by atoms with Gasteiger partial charge in [0.15, 0.2) is 11.4 Å². The minimum Gasteiger partial charge on any atom is -0.505 e. The predicted molar refractivity (Wildman–Crippen MR) is 88.3 cm³/mol. The van der Waals surface area contributed by atoms with Gasteiger partial charge in [0.1, 0.15) is 0 Å². The summed E-state index contributed by atoms with van der Waals surface area (Å²) in [4.78, 5) is 26.8. The zero-order valence-corrected chi connectivity index (χ0v) is 12.8. The van der Waals surface area contributed by atoms with E-state index in [1.54, 1.807) is 48.5 Å². The molecule has 0 atom stereocenters. The first-order valence-electron chi connectivity index (χ1n) is 6.47. The van der Waals surface area contributed by atoms with Crippen LogP contribution < -0.4 is 10.9 Å². The number of para-hydroxylation sites is 1. The van der Waals surface area contributed by atoms with Crippen molar-refractivity contribution in [2.75, 3.05) is 5.32 Å². The second-order valence-corrected chi connectivity index (χ2v) is 5.60. The molecule has 3 N–H and O–H groups in total. The number of amides is 1. The molecule has 6 heteroatoms. The summed E-state index contributed by atoms with van der Waals surface area (Å²) in [6.07, 6.45) is 0. The number of carbonyl (C=O) groups excluding carboxylic acids is 1. The first-order chi connectivity index (χ1) is 10.6. The highest BCUT2D eigenvalue weighted by Crippen LogP contribution is 2.28. The summed E-state index contributed by atoms with van der Waals surface area (Å²) < 4.78 is 0.843. The Morgan fingerprint density at radius 2 is 1.77 bits per heavy atom. The number of aromatic nitrogens is 1. The molecule has 3 rings (SSSR count). The fourth-order valence-corrected chi connectivity index (χ4v) is 2.39.